The van der Waals surface area contributed by atoms with Crippen molar-refractivity contribution in [3.05, 3.63) is 24.3 Å². The number of nitrogens with one attached hydrogen (secondary N) is 1. The van der Waals surface area contributed by atoms with E-state index >= 15 is 0 Å². The molecule has 1 aromatic carbocycles. The fourth-order valence-corrected chi connectivity index (χ4v) is 2.82. The van der Waals surface area contributed by atoms with Gasteiger partial charge in [-0.2, -0.15) is 0 Å². The molecule has 0 bridgehead atoms. The van der Waals surface area contributed by atoms with E-state index in [1.54, 1.807) is 11.0 Å². The molecule has 2 aromatic rings. The number of methoxy groups -OCH3 is 1. The lowest BCUT2D eigenvalue weighted by Crippen LogP contribution is -2.47. The number of carbonyl (C=O) groups is 1. The van der Waals surface area contributed by atoms with Gasteiger partial charge in [-0.1, -0.05) is 0 Å². The highest BCUT2D eigenvalue weighted by atomic mass is 19.1. The molecule has 1 aliphatic rings. The van der Waals surface area contributed by atoms with Crippen LogP contribution in [-0.4, -0.2) is 47.1 Å². The van der Waals surface area contributed by atoms with E-state index in [1.807, 2.05) is 0 Å². The van der Waals surface area contributed by atoms with Crippen LogP contribution in [0.1, 0.15) is 12.8 Å². The van der Waals surface area contributed by atoms with Crippen LogP contribution in [0.15, 0.2) is 18.5 Å². The average molecular weight is 319 g/mol. The number of fused-ring (bicyclic) bond motifs is 1. The minimum absolute atomic E-state index is 0.0328. The number of benzene rings is 1. The SMILES string of the molecule is COc1cc2c(NC3CCCN(C(N)=O)C3)ncnc2cc1F. The molecule has 1 aliphatic heterocycles. The van der Waals surface area contributed by atoms with Crippen molar-refractivity contribution in [2.75, 3.05) is 25.5 Å². The summed E-state index contributed by atoms with van der Waals surface area (Å²) in [7, 11) is 1.41. The molecule has 23 heavy (non-hydrogen) atoms. The molecule has 122 valence electrons. The number of nitrogens with zero attached hydrogens (tertiary/aromatic N) is 3. The van der Waals surface area contributed by atoms with Crippen LogP contribution in [0.4, 0.5) is 15.0 Å². The molecule has 0 aliphatic carbocycles. The number of ether oxygens (including phenoxy) is 1. The van der Waals surface area contributed by atoms with Gasteiger partial charge in [0.05, 0.1) is 12.6 Å². The summed E-state index contributed by atoms with van der Waals surface area (Å²) < 4.78 is 18.8. The Hall–Kier alpha value is -2.64. The van der Waals surface area contributed by atoms with E-state index in [-0.39, 0.29) is 11.8 Å². The van der Waals surface area contributed by atoms with Crippen molar-refractivity contribution < 1.29 is 13.9 Å². The van der Waals surface area contributed by atoms with E-state index in [0.717, 1.165) is 12.8 Å². The average Bonchev–Trinajstić information content (AvgIpc) is 2.54. The Morgan fingerprint density at radius 2 is 2.30 bits per heavy atom. The number of primary amides is 1. The molecule has 0 radical (unpaired) electrons. The highest BCUT2D eigenvalue weighted by Gasteiger charge is 2.23. The van der Waals surface area contributed by atoms with Gasteiger partial charge < -0.3 is 20.7 Å². The van der Waals surface area contributed by atoms with Crippen molar-refractivity contribution in [3.8, 4) is 5.75 Å². The van der Waals surface area contributed by atoms with Crippen molar-refractivity contribution in [1.29, 1.82) is 0 Å². The molecule has 7 nitrogen and oxygen atoms in total. The number of likely N-dealkylation sites (tertiary alicyclic amines) is 1. The van der Waals surface area contributed by atoms with Crippen molar-refractivity contribution >= 4 is 22.8 Å². The summed E-state index contributed by atoms with van der Waals surface area (Å²) in [6, 6.07) is 2.50. The number of rotatable bonds is 3. The molecule has 0 spiro atoms. The van der Waals surface area contributed by atoms with Crippen LogP contribution in [0.5, 0.6) is 5.75 Å². The second-order valence-electron chi connectivity index (χ2n) is 5.49. The van der Waals surface area contributed by atoms with Crippen LogP contribution < -0.4 is 15.8 Å². The molecular weight excluding hydrogens is 301 g/mol. The Bertz CT molecular complexity index is 739. The summed E-state index contributed by atoms with van der Waals surface area (Å²) in [5.41, 5.74) is 5.83. The molecule has 3 N–H and O–H groups in total. The fourth-order valence-electron chi connectivity index (χ4n) is 2.82. The Labute approximate surface area is 132 Å². The van der Waals surface area contributed by atoms with Gasteiger partial charge in [0.2, 0.25) is 0 Å². The topological polar surface area (TPSA) is 93.4 Å². The van der Waals surface area contributed by atoms with E-state index in [2.05, 4.69) is 15.3 Å². The second-order valence-corrected chi connectivity index (χ2v) is 5.49. The third-order valence-corrected chi connectivity index (χ3v) is 3.98. The van der Waals surface area contributed by atoms with Crippen LogP contribution in [0.3, 0.4) is 0 Å². The van der Waals surface area contributed by atoms with Gasteiger partial charge >= 0.3 is 6.03 Å². The number of halogens is 1. The van der Waals surface area contributed by atoms with Crippen LogP contribution in [-0.2, 0) is 0 Å². The van der Waals surface area contributed by atoms with Crippen LogP contribution in [0.2, 0.25) is 0 Å². The maximum absolute atomic E-state index is 13.8. The zero-order chi connectivity index (χ0) is 16.4. The lowest BCUT2D eigenvalue weighted by Gasteiger charge is -2.32. The normalized spacial score (nSPS) is 18.0. The van der Waals surface area contributed by atoms with E-state index < -0.39 is 11.8 Å². The molecule has 1 unspecified atom stereocenters. The third kappa shape index (κ3) is 3.10. The Balaban J connectivity index is 1.89. The van der Waals surface area contributed by atoms with Gasteiger partial charge in [-0.05, 0) is 18.9 Å². The number of anilines is 1. The largest absolute Gasteiger partial charge is 0.494 e. The van der Waals surface area contributed by atoms with E-state index in [4.69, 9.17) is 10.5 Å². The van der Waals surface area contributed by atoms with Crippen LogP contribution >= 0.6 is 0 Å². The highest BCUT2D eigenvalue weighted by Crippen LogP contribution is 2.28. The zero-order valence-corrected chi connectivity index (χ0v) is 12.8. The highest BCUT2D eigenvalue weighted by molar-refractivity contribution is 5.90. The lowest BCUT2D eigenvalue weighted by molar-refractivity contribution is 0.192. The Kier molecular flexibility index (Phi) is 4.14. The van der Waals surface area contributed by atoms with E-state index in [0.29, 0.717) is 29.8 Å². The lowest BCUT2D eigenvalue weighted by atomic mass is 10.1. The van der Waals surface area contributed by atoms with Gasteiger partial charge in [-0.15, -0.1) is 0 Å². The number of aromatic nitrogens is 2. The molecule has 1 saturated heterocycles. The number of carbonyl (C=O) groups excluding carboxylic acids is 1. The number of piperidine rings is 1. The first-order chi connectivity index (χ1) is 11.1. The quantitative estimate of drug-likeness (QED) is 0.898. The standard InChI is InChI=1S/C15H18FN5O2/c1-23-13-5-10-12(6-11(13)16)18-8-19-14(10)20-9-3-2-4-21(7-9)15(17)22/h5-6,8-9H,2-4,7H2,1H3,(H2,17,22)(H,18,19,20). The van der Waals surface area contributed by atoms with Gasteiger partial charge in [0.1, 0.15) is 12.1 Å². The van der Waals surface area contributed by atoms with Gasteiger partial charge in [0.25, 0.3) is 0 Å². The van der Waals surface area contributed by atoms with Gasteiger partial charge in [0.15, 0.2) is 11.6 Å². The molecule has 0 saturated carbocycles. The number of hydrogen-bond donors (Lipinski definition) is 2. The summed E-state index contributed by atoms with van der Waals surface area (Å²) >= 11 is 0. The predicted octanol–water partition coefficient (Wildman–Crippen LogP) is 1.73. The molecule has 8 heteroatoms. The molecule has 3 rings (SSSR count). The number of urea groups is 1. The van der Waals surface area contributed by atoms with Crippen molar-refractivity contribution in [1.82, 2.24) is 14.9 Å². The van der Waals surface area contributed by atoms with Gasteiger partial charge in [0, 0.05) is 30.6 Å². The molecule has 1 fully saturated rings. The molecular formula is C15H18FN5O2. The summed E-state index contributed by atoms with van der Waals surface area (Å²) in [5.74, 6) is 0.254. The predicted molar refractivity (Wildman–Crippen MR) is 83.8 cm³/mol. The van der Waals surface area contributed by atoms with Crippen molar-refractivity contribution in [2.24, 2.45) is 5.73 Å². The Morgan fingerprint density at radius 3 is 3.04 bits per heavy atom. The minimum Gasteiger partial charge on any atom is -0.494 e. The maximum atomic E-state index is 13.8. The van der Waals surface area contributed by atoms with Crippen molar-refractivity contribution in [3.63, 3.8) is 0 Å². The number of hydrogen-bond acceptors (Lipinski definition) is 5. The maximum Gasteiger partial charge on any atom is 0.314 e. The number of nitrogens with two attached hydrogens (primary N) is 1. The Morgan fingerprint density at radius 1 is 1.48 bits per heavy atom. The first-order valence-corrected chi connectivity index (χ1v) is 7.37. The molecule has 1 aromatic heterocycles. The van der Waals surface area contributed by atoms with Gasteiger partial charge in [-0.3, -0.25) is 0 Å². The van der Waals surface area contributed by atoms with Crippen LogP contribution in [0, 0.1) is 5.82 Å². The first-order valence-electron chi connectivity index (χ1n) is 7.37. The smallest absolute Gasteiger partial charge is 0.314 e. The molecule has 1 atom stereocenters. The summed E-state index contributed by atoms with van der Waals surface area (Å²) in [6.07, 6.45) is 3.14. The fraction of sp³-hybridized carbons (Fsp3) is 0.400. The van der Waals surface area contributed by atoms with E-state index in [9.17, 15) is 9.18 Å². The number of amides is 2. The monoisotopic (exact) mass is 319 g/mol. The van der Waals surface area contributed by atoms with Crippen LogP contribution in [0.25, 0.3) is 10.9 Å². The summed E-state index contributed by atoms with van der Waals surface area (Å²) in [6.45, 7) is 1.18. The third-order valence-electron chi connectivity index (χ3n) is 3.98. The first kappa shape index (κ1) is 15.3. The zero-order valence-electron chi connectivity index (χ0n) is 12.8. The van der Waals surface area contributed by atoms with E-state index in [1.165, 1.54) is 19.5 Å². The second kappa shape index (κ2) is 6.23. The summed E-state index contributed by atoms with van der Waals surface area (Å²) in [4.78, 5) is 21.2. The molecule has 2 heterocycles. The summed E-state index contributed by atoms with van der Waals surface area (Å²) in [5, 5.41) is 3.97. The minimum atomic E-state index is -0.470. The van der Waals surface area contributed by atoms with Crippen molar-refractivity contribution in [2.45, 2.75) is 18.9 Å². The van der Waals surface area contributed by atoms with Gasteiger partial charge in [-0.25, -0.2) is 19.2 Å². The molecule has 2 amide bonds.